The molecule has 0 unspecified atom stereocenters. The third-order valence-corrected chi connectivity index (χ3v) is 3.06. The van der Waals surface area contributed by atoms with Crippen LogP contribution in [0, 0.1) is 0 Å². The van der Waals surface area contributed by atoms with Crippen LogP contribution in [0.25, 0.3) is 10.8 Å². The number of hydrogen-bond donors (Lipinski definition) is 0. The van der Waals surface area contributed by atoms with Crippen molar-refractivity contribution in [3.63, 3.8) is 0 Å². The average molecular weight is 279 g/mol. The van der Waals surface area contributed by atoms with Gasteiger partial charge in [0.25, 0.3) is 0 Å². The molecule has 2 rings (SSSR count). The molecule has 0 saturated heterocycles. The fourth-order valence-electron chi connectivity index (χ4n) is 1.66. The lowest BCUT2D eigenvalue weighted by Crippen LogP contribution is -2.05. The first kappa shape index (κ1) is 11.1. The van der Waals surface area contributed by atoms with Crippen molar-refractivity contribution < 1.29 is 9.53 Å². The zero-order valence-corrected chi connectivity index (χ0v) is 10.5. The molecule has 16 heavy (non-hydrogen) atoms. The molecule has 0 aromatic heterocycles. The van der Waals surface area contributed by atoms with Crippen LogP contribution < -0.4 is 0 Å². The molecule has 2 aromatic carbocycles. The van der Waals surface area contributed by atoms with Crippen molar-refractivity contribution in [2.75, 3.05) is 6.61 Å². The number of esters is 1. The van der Waals surface area contributed by atoms with E-state index in [1.807, 2.05) is 30.3 Å². The van der Waals surface area contributed by atoms with Gasteiger partial charge in [0.2, 0.25) is 0 Å². The van der Waals surface area contributed by atoms with Gasteiger partial charge in [-0.25, -0.2) is 4.79 Å². The SMILES string of the molecule is CCOC(=O)c1cccc2c(Br)cccc12. The monoisotopic (exact) mass is 278 g/mol. The largest absolute Gasteiger partial charge is 0.462 e. The van der Waals surface area contributed by atoms with Crippen molar-refractivity contribution >= 4 is 32.7 Å². The van der Waals surface area contributed by atoms with Gasteiger partial charge in [-0.2, -0.15) is 0 Å². The van der Waals surface area contributed by atoms with Crippen LogP contribution >= 0.6 is 15.9 Å². The number of hydrogen-bond acceptors (Lipinski definition) is 2. The van der Waals surface area contributed by atoms with Gasteiger partial charge in [0, 0.05) is 4.47 Å². The maximum Gasteiger partial charge on any atom is 0.338 e. The van der Waals surface area contributed by atoms with Crippen LogP contribution in [-0.2, 0) is 4.74 Å². The molecule has 0 N–H and O–H groups in total. The fraction of sp³-hybridized carbons (Fsp3) is 0.154. The van der Waals surface area contributed by atoms with E-state index in [-0.39, 0.29) is 5.97 Å². The van der Waals surface area contributed by atoms with E-state index in [4.69, 9.17) is 4.74 Å². The first-order valence-corrected chi connectivity index (χ1v) is 5.87. The standard InChI is InChI=1S/C13H11BrO2/c1-2-16-13(15)11-7-3-6-10-9(11)5-4-8-12(10)14/h3-8H,2H2,1H3. The Bertz CT molecular complexity index is 534. The zero-order chi connectivity index (χ0) is 11.5. The number of ether oxygens (including phenoxy) is 1. The molecule has 0 aliphatic carbocycles. The highest BCUT2D eigenvalue weighted by atomic mass is 79.9. The molecule has 0 atom stereocenters. The van der Waals surface area contributed by atoms with Crippen LogP contribution in [0.15, 0.2) is 40.9 Å². The Kier molecular flexibility index (Phi) is 3.25. The summed E-state index contributed by atoms with van der Waals surface area (Å²) in [6.07, 6.45) is 0. The number of rotatable bonds is 2. The third-order valence-electron chi connectivity index (χ3n) is 2.36. The molecule has 0 aliphatic heterocycles. The van der Waals surface area contributed by atoms with Gasteiger partial charge in [0.1, 0.15) is 0 Å². The lowest BCUT2D eigenvalue weighted by Gasteiger charge is -2.06. The fourth-order valence-corrected chi connectivity index (χ4v) is 2.16. The van der Waals surface area contributed by atoms with Crippen molar-refractivity contribution in [3.8, 4) is 0 Å². The summed E-state index contributed by atoms with van der Waals surface area (Å²) in [5.74, 6) is -0.272. The van der Waals surface area contributed by atoms with E-state index in [1.54, 1.807) is 13.0 Å². The number of fused-ring (bicyclic) bond motifs is 1. The normalized spacial score (nSPS) is 10.4. The van der Waals surface area contributed by atoms with Crippen molar-refractivity contribution in [1.29, 1.82) is 0 Å². The van der Waals surface area contributed by atoms with Crippen molar-refractivity contribution in [2.45, 2.75) is 6.92 Å². The highest BCUT2D eigenvalue weighted by molar-refractivity contribution is 9.10. The smallest absolute Gasteiger partial charge is 0.338 e. The zero-order valence-electron chi connectivity index (χ0n) is 8.87. The van der Waals surface area contributed by atoms with E-state index in [0.717, 1.165) is 15.2 Å². The second-order valence-electron chi connectivity index (χ2n) is 3.36. The molecule has 0 amide bonds. The molecule has 0 radical (unpaired) electrons. The summed E-state index contributed by atoms with van der Waals surface area (Å²) in [5, 5.41) is 1.93. The maximum atomic E-state index is 11.7. The van der Waals surface area contributed by atoms with Gasteiger partial charge >= 0.3 is 5.97 Å². The van der Waals surface area contributed by atoms with E-state index in [9.17, 15) is 4.79 Å². The molecule has 2 aromatic rings. The lowest BCUT2D eigenvalue weighted by atomic mass is 10.0. The maximum absolute atomic E-state index is 11.7. The van der Waals surface area contributed by atoms with Crippen LogP contribution in [0.2, 0.25) is 0 Å². The number of halogens is 1. The topological polar surface area (TPSA) is 26.3 Å². The van der Waals surface area contributed by atoms with Crippen LogP contribution in [0.1, 0.15) is 17.3 Å². The summed E-state index contributed by atoms with van der Waals surface area (Å²) in [7, 11) is 0. The summed E-state index contributed by atoms with van der Waals surface area (Å²) < 4.78 is 6.00. The summed E-state index contributed by atoms with van der Waals surface area (Å²) in [4.78, 5) is 11.7. The van der Waals surface area contributed by atoms with E-state index < -0.39 is 0 Å². The Morgan fingerprint density at radius 1 is 1.19 bits per heavy atom. The van der Waals surface area contributed by atoms with Gasteiger partial charge < -0.3 is 4.74 Å². The first-order chi connectivity index (χ1) is 7.74. The second kappa shape index (κ2) is 4.66. The predicted octanol–water partition coefficient (Wildman–Crippen LogP) is 3.78. The highest BCUT2D eigenvalue weighted by Gasteiger charge is 2.11. The van der Waals surface area contributed by atoms with Crippen molar-refractivity contribution in [1.82, 2.24) is 0 Å². The third kappa shape index (κ3) is 1.95. The van der Waals surface area contributed by atoms with E-state index >= 15 is 0 Å². The molecular formula is C13H11BrO2. The molecule has 82 valence electrons. The number of carbonyl (C=O) groups is 1. The van der Waals surface area contributed by atoms with Crippen LogP contribution in [0.3, 0.4) is 0 Å². The molecule has 0 fully saturated rings. The Hall–Kier alpha value is -1.35. The molecule has 3 heteroatoms. The van der Waals surface area contributed by atoms with Gasteiger partial charge in [-0.15, -0.1) is 0 Å². The summed E-state index contributed by atoms with van der Waals surface area (Å²) >= 11 is 3.47. The van der Waals surface area contributed by atoms with Crippen molar-refractivity contribution in [2.24, 2.45) is 0 Å². The summed E-state index contributed by atoms with van der Waals surface area (Å²) in [6, 6.07) is 11.4. The molecule has 0 aliphatic rings. The molecule has 2 nitrogen and oxygen atoms in total. The molecule has 0 heterocycles. The Balaban J connectivity index is 2.62. The number of carbonyl (C=O) groups excluding carboxylic acids is 1. The predicted molar refractivity (Wildman–Crippen MR) is 67.6 cm³/mol. The summed E-state index contributed by atoms with van der Waals surface area (Å²) in [6.45, 7) is 2.20. The van der Waals surface area contributed by atoms with Gasteiger partial charge in [-0.1, -0.05) is 40.2 Å². The molecule has 0 saturated carbocycles. The Labute approximate surface area is 102 Å². The lowest BCUT2D eigenvalue weighted by molar-refractivity contribution is 0.0528. The van der Waals surface area contributed by atoms with Crippen molar-refractivity contribution in [3.05, 3.63) is 46.4 Å². The van der Waals surface area contributed by atoms with Crippen LogP contribution in [0.5, 0.6) is 0 Å². The van der Waals surface area contributed by atoms with Crippen LogP contribution in [0.4, 0.5) is 0 Å². The molecule has 0 bridgehead atoms. The minimum atomic E-state index is -0.272. The minimum absolute atomic E-state index is 0.272. The van der Waals surface area contributed by atoms with Gasteiger partial charge in [0.05, 0.1) is 12.2 Å². The molecule has 0 spiro atoms. The van der Waals surface area contributed by atoms with Gasteiger partial charge in [-0.3, -0.25) is 0 Å². The first-order valence-electron chi connectivity index (χ1n) is 5.08. The Morgan fingerprint density at radius 3 is 2.62 bits per heavy atom. The van der Waals surface area contributed by atoms with Gasteiger partial charge in [-0.05, 0) is 29.8 Å². The van der Waals surface area contributed by atoms with Crippen LogP contribution in [-0.4, -0.2) is 12.6 Å². The van der Waals surface area contributed by atoms with E-state index in [1.165, 1.54) is 0 Å². The molecular weight excluding hydrogens is 268 g/mol. The second-order valence-corrected chi connectivity index (χ2v) is 4.22. The highest BCUT2D eigenvalue weighted by Crippen LogP contribution is 2.26. The van der Waals surface area contributed by atoms with Gasteiger partial charge in [0.15, 0.2) is 0 Å². The average Bonchev–Trinajstić information content (AvgIpc) is 2.29. The number of benzene rings is 2. The van der Waals surface area contributed by atoms with E-state index in [0.29, 0.717) is 12.2 Å². The van der Waals surface area contributed by atoms with E-state index in [2.05, 4.69) is 15.9 Å². The quantitative estimate of drug-likeness (QED) is 0.782. The summed E-state index contributed by atoms with van der Waals surface area (Å²) in [5.41, 5.74) is 0.612. The Morgan fingerprint density at radius 2 is 1.88 bits per heavy atom. The minimum Gasteiger partial charge on any atom is -0.462 e.